The van der Waals surface area contributed by atoms with Crippen LogP contribution >= 0.6 is 31.9 Å². The van der Waals surface area contributed by atoms with Gasteiger partial charge in [-0.15, -0.1) is 0 Å². The van der Waals surface area contributed by atoms with Crippen LogP contribution < -0.4 is 14.8 Å². The second kappa shape index (κ2) is 6.38. The topological polar surface area (TPSA) is 30.5 Å². The number of ether oxygens (including phenoxy) is 2. The first-order chi connectivity index (χ1) is 10.1. The van der Waals surface area contributed by atoms with E-state index in [1.54, 1.807) is 0 Å². The van der Waals surface area contributed by atoms with Crippen LogP contribution in [0.5, 0.6) is 11.5 Å². The third-order valence-electron chi connectivity index (χ3n) is 3.45. The summed E-state index contributed by atoms with van der Waals surface area (Å²) in [4.78, 5) is 0. The van der Waals surface area contributed by atoms with E-state index in [0.717, 1.165) is 32.6 Å². The van der Waals surface area contributed by atoms with Gasteiger partial charge in [0.15, 0.2) is 11.5 Å². The molecule has 1 N–H and O–H groups in total. The van der Waals surface area contributed by atoms with Gasteiger partial charge in [-0.2, -0.15) is 0 Å². The van der Waals surface area contributed by atoms with Gasteiger partial charge >= 0.3 is 0 Å². The summed E-state index contributed by atoms with van der Waals surface area (Å²) in [6.07, 6.45) is 0. The molecule has 21 heavy (non-hydrogen) atoms. The molecule has 0 aliphatic carbocycles. The minimum atomic E-state index is 0.270. The summed E-state index contributed by atoms with van der Waals surface area (Å²) in [7, 11) is 0. The van der Waals surface area contributed by atoms with E-state index in [1.807, 2.05) is 12.1 Å². The normalized spacial score (nSPS) is 14.2. The lowest BCUT2D eigenvalue weighted by Crippen LogP contribution is -2.18. The maximum atomic E-state index is 5.44. The zero-order valence-corrected chi connectivity index (χ0v) is 14.7. The van der Waals surface area contributed by atoms with Gasteiger partial charge in [0.25, 0.3) is 0 Å². The summed E-state index contributed by atoms with van der Waals surface area (Å²) in [6.45, 7) is 3.21. The molecular weight excluding hydrogens is 398 g/mol. The fourth-order valence-corrected chi connectivity index (χ4v) is 3.31. The Morgan fingerprint density at radius 3 is 2.86 bits per heavy atom. The molecule has 1 aliphatic rings. The first kappa shape index (κ1) is 14.9. The minimum Gasteiger partial charge on any atom is -0.454 e. The summed E-state index contributed by atoms with van der Waals surface area (Å²) in [5.74, 6) is 1.59. The van der Waals surface area contributed by atoms with Gasteiger partial charge in [-0.1, -0.05) is 28.1 Å². The van der Waals surface area contributed by atoms with Crippen molar-refractivity contribution in [2.24, 2.45) is 0 Å². The van der Waals surface area contributed by atoms with Crippen molar-refractivity contribution in [2.75, 3.05) is 6.79 Å². The maximum Gasteiger partial charge on any atom is 0.231 e. The van der Waals surface area contributed by atoms with Gasteiger partial charge in [0.1, 0.15) is 0 Å². The van der Waals surface area contributed by atoms with E-state index in [2.05, 4.69) is 68.4 Å². The monoisotopic (exact) mass is 411 g/mol. The van der Waals surface area contributed by atoms with Crippen molar-refractivity contribution in [3.63, 3.8) is 0 Å². The molecule has 0 radical (unpaired) electrons. The average molecular weight is 413 g/mol. The van der Waals surface area contributed by atoms with Gasteiger partial charge in [0, 0.05) is 17.1 Å². The number of benzene rings is 2. The highest BCUT2D eigenvalue weighted by Gasteiger charge is 2.18. The third kappa shape index (κ3) is 3.42. The van der Waals surface area contributed by atoms with Crippen LogP contribution in [0.25, 0.3) is 0 Å². The molecule has 2 aromatic carbocycles. The number of halogens is 2. The van der Waals surface area contributed by atoms with Gasteiger partial charge in [0.05, 0.1) is 4.47 Å². The molecule has 0 amide bonds. The van der Waals surface area contributed by atoms with Crippen LogP contribution in [0.15, 0.2) is 45.3 Å². The smallest absolute Gasteiger partial charge is 0.231 e. The van der Waals surface area contributed by atoms with Gasteiger partial charge in [-0.05, 0) is 58.2 Å². The van der Waals surface area contributed by atoms with Crippen molar-refractivity contribution in [1.82, 2.24) is 5.32 Å². The van der Waals surface area contributed by atoms with Crippen LogP contribution in [0.1, 0.15) is 24.1 Å². The van der Waals surface area contributed by atoms with E-state index in [0.29, 0.717) is 6.79 Å². The largest absolute Gasteiger partial charge is 0.454 e. The summed E-state index contributed by atoms with van der Waals surface area (Å²) < 4.78 is 12.9. The molecule has 0 aromatic heterocycles. The summed E-state index contributed by atoms with van der Waals surface area (Å²) in [5, 5.41) is 3.52. The molecule has 1 atom stereocenters. The van der Waals surface area contributed by atoms with E-state index in [4.69, 9.17) is 9.47 Å². The second-order valence-electron chi connectivity index (χ2n) is 4.97. The van der Waals surface area contributed by atoms with Crippen LogP contribution in [-0.4, -0.2) is 6.79 Å². The Morgan fingerprint density at radius 1 is 1.19 bits per heavy atom. The number of fused-ring (bicyclic) bond motifs is 1. The summed E-state index contributed by atoms with van der Waals surface area (Å²) in [5.41, 5.74) is 2.41. The molecule has 5 heteroatoms. The SMILES string of the molecule is C[C@H](NCc1cc(Br)c2c(c1)OCO2)c1cccc(Br)c1. The Bertz CT molecular complexity index is 661. The molecule has 1 heterocycles. The molecular formula is C16H15Br2NO2. The maximum absolute atomic E-state index is 5.44. The highest BCUT2D eigenvalue weighted by molar-refractivity contribution is 9.10. The lowest BCUT2D eigenvalue weighted by molar-refractivity contribution is 0.173. The van der Waals surface area contributed by atoms with E-state index in [9.17, 15) is 0 Å². The molecule has 0 bridgehead atoms. The second-order valence-corrected chi connectivity index (χ2v) is 6.74. The Hall–Kier alpha value is -1.04. The standard InChI is InChI=1S/C16H15Br2NO2/c1-10(12-3-2-4-13(17)7-12)19-8-11-5-14(18)16-15(6-11)20-9-21-16/h2-7,10,19H,8-9H2,1H3/t10-/m0/s1. The lowest BCUT2D eigenvalue weighted by Gasteiger charge is -2.15. The van der Waals surface area contributed by atoms with Crippen LogP contribution in [-0.2, 0) is 6.54 Å². The summed E-state index contributed by atoms with van der Waals surface area (Å²) in [6, 6.07) is 12.7. The van der Waals surface area contributed by atoms with Crippen LogP contribution in [0.2, 0.25) is 0 Å². The van der Waals surface area contributed by atoms with E-state index >= 15 is 0 Å². The lowest BCUT2D eigenvalue weighted by atomic mass is 10.1. The Balaban J connectivity index is 1.69. The first-order valence-electron chi connectivity index (χ1n) is 6.70. The number of nitrogens with one attached hydrogen (secondary N) is 1. The summed E-state index contributed by atoms with van der Waals surface area (Å²) >= 11 is 7.03. The quantitative estimate of drug-likeness (QED) is 0.782. The minimum absolute atomic E-state index is 0.270. The van der Waals surface area contributed by atoms with Crippen molar-refractivity contribution in [2.45, 2.75) is 19.5 Å². The van der Waals surface area contributed by atoms with Gasteiger partial charge in [0.2, 0.25) is 6.79 Å². The molecule has 0 saturated carbocycles. The van der Waals surface area contributed by atoms with Crippen LogP contribution in [0, 0.1) is 0 Å². The number of rotatable bonds is 4. The molecule has 2 aromatic rings. The zero-order valence-electron chi connectivity index (χ0n) is 11.5. The fraction of sp³-hybridized carbons (Fsp3) is 0.250. The Morgan fingerprint density at radius 2 is 2.05 bits per heavy atom. The predicted octanol–water partition coefficient (Wildman–Crippen LogP) is 4.79. The predicted molar refractivity (Wildman–Crippen MR) is 89.7 cm³/mol. The van der Waals surface area contributed by atoms with E-state index in [1.165, 1.54) is 5.56 Å². The zero-order chi connectivity index (χ0) is 14.8. The number of hydrogen-bond donors (Lipinski definition) is 1. The third-order valence-corrected chi connectivity index (χ3v) is 4.53. The molecule has 0 unspecified atom stereocenters. The van der Waals surface area contributed by atoms with Gasteiger partial charge in [-0.3, -0.25) is 0 Å². The fourth-order valence-electron chi connectivity index (χ4n) is 2.29. The Kier molecular flexibility index (Phi) is 4.52. The molecule has 1 aliphatic heterocycles. The number of hydrogen-bond acceptors (Lipinski definition) is 3. The van der Waals surface area contributed by atoms with Crippen molar-refractivity contribution in [3.05, 3.63) is 56.5 Å². The van der Waals surface area contributed by atoms with E-state index in [-0.39, 0.29) is 6.04 Å². The van der Waals surface area contributed by atoms with Crippen molar-refractivity contribution in [1.29, 1.82) is 0 Å². The van der Waals surface area contributed by atoms with Crippen molar-refractivity contribution >= 4 is 31.9 Å². The molecule has 3 nitrogen and oxygen atoms in total. The molecule has 0 spiro atoms. The van der Waals surface area contributed by atoms with Crippen molar-refractivity contribution in [3.8, 4) is 11.5 Å². The molecule has 0 saturated heterocycles. The Labute approximate surface area is 140 Å². The molecule has 0 fully saturated rings. The van der Waals surface area contributed by atoms with Crippen LogP contribution in [0.3, 0.4) is 0 Å². The van der Waals surface area contributed by atoms with Gasteiger partial charge < -0.3 is 14.8 Å². The molecule has 3 rings (SSSR count). The highest BCUT2D eigenvalue weighted by atomic mass is 79.9. The van der Waals surface area contributed by atoms with Gasteiger partial charge in [-0.25, -0.2) is 0 Å². The average Bonchev–Trinajstić information content (AvgIpc) is 2.93. The van der Waals surface area contributed by atoms with Crippen LogP contribution in [0.4, 0.5) is 0 Å². The van der Waals surface area contributed by atoms with Crippen molar-refractivity contribution < 1.29 is 9.47 Å². The first-order valence-corrected chi connectivity index (χ1v) is 8.29. The highest BCUT2D eigenvalue weighted by Crippen LogP contribution is 2.40. The van der Waals surface area contributed by atoms with E-state index < -0.39 is 0 Å². The molecule has 110 valence electrons.